The van der Waals surface area contributed by atoms with Gasteiger partial charge in [-0.25, -0.2) is 0 Å². The van der Waals surface area contributed by atoms with Crippen molar-refractivity contribution in [2.45, 2.75) is 19.4 Å². The Hall–Kier alpha value is -2.54. The molecule has 1 amide bonds. The molecule has 1 aromatic rings. The first-order valence-corrected chi connectivity index (χ1v) is 6.85. The molecule has 0 radical (unpaired) electrons. The van der Waals surface area contributed by atoms with Crippen LogP contribution in [0, 0.1) is 5.41 Å². The van der Waals surface area contributed by atoms with Crippen molar-refractivity contribution in [3.8, 4) is 11.5 Å². The Morgan fingerprint density at radius 1 is 1.45 bits per heavy atom. The fraction of sp³-hybridized carbons (Fsp3) is 0.333. The number of rotatable bonds is 7. The van der Waals surface area contributed by atoms with E-state index in [2.05, 4.69) is 10.6 Å². The summed E-state index contributed by atoms with van der Waals surface area (Å²) in [6.45, 7) is 1.69. The van der Waals surface area contributed by atoms with E-state index in [0.717, 1.165) is 0 Å². The highest BCUT2D eigenvalue weighted by Gasteiger charge is 2.12. The van der Waals surface area contributed by atoms with Crippen molar-refractivity contribution in [2.75, 3.05) is 13.7 Å². The summed E-state index contributed by atoms with van der Waals surface area (Å²) in [4.78, 5) is 12.0. The van der Waals surface area contributed by atoms with E-state index in [0.29, 0.717) is 6.42 Å². The predicted octanol–water partition coefficient (Wildman–Crippen LogP) is 0.982. The monoisotopic (exact) mass is 307 g/mol. The molecule has 0 spiro atoms. The van der Waals surface area contributed by atoms with E-state index in [4.69, 9.17) is 15.3 Å². The quantitative estimate of drug-likeness (QED) is 0.380. The molecular weight excluding hydrogens is 286 g/mol. The average Bonchev–Trinajstić information content (AvgIpc) is 2.49. The summed E-state index contributed by atoms with van der Waals surface area (Å²) >= 11 is 0. The number of aliphatic hydroxyl groups excluding tert-OH is 1. The lowest BCUT2D eigenvalue weighted by molar-refractivity contribution is 0.0973. The van der Waals surface area contributed by atoms with E-state index in [9.17, 15) is 9.90 Å². The molecule has 0 saturated heterocycles. The SMILES string of the molecule is CC[C@@H](CO)Oc1cc(O)cc(C(=O)NC(=N)/C=C\NC)c1. The second-order valence-corrected chi connectivity index (χ2v) is 4.54. The number of nitrogens with one attached hydrogen (secondary N) is 3. The van der Waals surface area contributed by atoms with Crippen molar-refractivity contribution < 1.29 is 19.7 Å². The highest BCUT2D eigenvalue weighted by atomic mass is 16.5. The highest BCUT2D eigenvalue weighted by Crippen LogP contribution is 2.23. The Morgan fingerprint density at radius 2 is 2.18 bits per heavy atom. The fourth-order valence-corrected chi connectivity index (χ4v) is 1.63. The number of aromatic hydroxyl groups is 1. The largest absolute Gasteiger partial charge is 0.508 e. The van der Waals surface area contributed by atoms with E-state index in [-0.39, 0.29) is 29.5 Å². The lowest BCUT2D eigenvalue weighted by Crippen LogP contribution is -2.28. The molecule has 0 bridgehead atoms. The van der Waals surface area contributed by atoms with Crippen LogP contribution in [0.15, 0.2) is 30.5 Å². The number of amidine groups is 1. The molecule has 5 N–H and O–H groups in total. The van der Waals surface area contributed by atoms with Gasteiger partial charge in [-0.1, -0.05) is 6.92 Å². The maximum Gasteiger partial charge on any atom is 0.257 e. The molecule has 0 fully saturated rings. The van der Waals surface area contributed by atoms with Gasteiger partial charge < -0.3 is 25.6 Å². The fourth-order valence-electron chi connectivity index (χ4n) is 1.63. The first kappa shape index (κ1) is 17.5. The Labute approximate surface area is 129 Å². The number of carbonyl (C=O) groups is 1. The summed E-state index contributed by atoms with van der Waals surface area (Å²) in [5, 5.41) is 31.4. The number of hydrogen-bond acceptors (Lipinski definition) is 6. The minimum atomic E-state index is -0.538. The molecule has 0 aliphatic carbocycles. The van der Waals surface area contributed by atoms with Crippen molar-refractivity contribution in [3.63, 3.8) is 0 Å². The molecular formula is C15H21N3O4. The standard InChI is InChI=1S/C15H21N3O4/c1-3-12(9-19)22-13-7-10(6-11(20)8-13)15(21)18-14(16)4-5-17-2/h4-8,12,17,19-20H,3,9H2,1-2H3,(H2,16,18,21)/b5-4-/t12-/m0/s1. The number of phenolic OH excluding ortho intramolecular Hbond substituents is 1. The van der Waals surface area contributed by atoms with Crippen LogP contribution < -0.4 is 15.4 Å². The Bertz CT molecular complexity index is 554. The van der Waals surface area contributed by atoms with E-state index in [1.165, 1.54) is 30.5 Å². The number of hydrogen-bond donors (Lipinski definition) is 5. The summed E-state index contributed by atoms with van der Waals surface area (Å²) in [6.07, 6.45) is 3.08. The number of aliphatic hydroxyl groups is 1. The molecule has 0 unspecified atom stereocenters. The van der Waals surface area contributed by atoms with Crippen molar-refractivity contribution in [1.29, 1.82) is 5.41 Å². The summed E-state index contributed by atoms with van der Waals surface area (Å²) in [6, 6.07) is 4.08. The Morgan fingerprint density at radius 3 is 2.77 bits per heavy atom. The maximum absolute atomic E-state index is 12.0. The van der Waals surface area contributed by atoms with Gasteiger partial charge in [-0.15, -0.1) is 0 Å². The van der Waals surface area contributed by atoms with Gasteiger partial charge in [0.2, 0.25) is 0 Å². The van der Waals surface area contributed by atoms with Crippen molar-refractivity contribution in [1.82, 2.24) is 10.6 Å². The van der Waals surface area contributed by atoms with Crippen LogP contribution in [0.3, 0.4) is 0 Å². The van der Waals surface area contributed by atoms with Crippen LogP contribution in [0.4, 0.5) is 0 Å². The van der Waals surface area contributed by atoms with Crippen LogP contribution in [-0.4, -0.2) is 41.7 Å². The minimum Gasteiger partial charge on any atom is -0.508 e. The lowest BCUT2D eigenvalue weighted by Gasteiger charge is -2.16. The smallest absolute Gasteiger partial charge is 0.257 e. The topological polar surface area (TPSA) is 115 Å². The minimum absolute atomic E-state index is 0.0908. The van der Waals surface area contributed by atoms with Gasteiger partial charge in [0.15, 0.2) is 0 Å². The van der Waals surface area contributed by atoms with Crippen LogP contribution in [0.5, 0.6) is 11.5 Å². The molecule has 0 aromatic heterocycles. The molecule has 0 aliphatic rings. The summed E-state index contributed by atoms with van der Waals surface area (Å²) in [5.41, 5.74) is 0.158. The Balaban J connectivity index is 2.86. The maximum atomic E-state index is 12.0. The number of carbonyl (C=O) groups excluding carboxylic acids is 1. The zero-order chi connectivity index (χ0) is 16.5. The second-order valence-electron chi connectivity index (χ2n) is 4.54. The molecule has 0 heterocycles. The van der Waals surface area contributed by atoms with Gasteiger partial charge in [0.05, 0.1) is 6.61 Å². The molecule has 1 rings (SSSR count). The van der Waals surface area contributed by atoms with Gasteiger partial charge in [-0.2, -0.15) is 0 Å². The number of ether oxygens (including phenoxy) is 1. The van der Waals surface area contributed by atoms with E-state index in [1.807, 2.05) is 6.92 Å². The van der Waals surface area contributed by atoms with Gasteiger partial charge in [-0.3, -0.25) is 10.2 Å². The zero-order valence-electron chi connectivity index (χ0n) is 12.6. The first-order chi connectivity index (χ1) is 10.5. The molecule has 1 atom stereocenters. The molecule has 0 aliphatic heterocycles. The van der Waals surface area contributed by atoms with Gasteiger partial charge in [0.25, 0.3) is 5.91 Å². The van der Waals surface area contributed by atoms with Gasteiger partial charge in [0, 0.05) is 18.7 Å². The van der Waals surface area contributed by atoms with Crippen LogP contribution in [0.1, 0.15) is 23.7 Å². The third-order valence-electron chi connectivity index (χ3n) is 2.78. The third kappa shape index (κ3) is 5.45. The molecule has 22 heavy (non-hydrogen) atoms. The van der Waals surface area contributed by atoms with Gasteiger partial charge >= 0.3 is 0 Å². The third-order valence-corrected chi connectivity index (χ3v) is 2.78. The number of amides is 1. The summed E-state index contributed by atoms with van der Waals surface area (Å²) in [5.74, 6) is -0.480. The average molecular weight is 307 g/mol. The van der Waals surface area contributed by atoms with E-state index < -0.39 is 12.0 Å². The van der Waals surface area contributed by atoms with E-state index in [1.54, 1.807) is 7.05 Å². The normalized spacial score (nSPS) is 12.0. The summed E-state index contributed by atoms with van der Waals surface area (Å²) < 4.78 is 5.49. The van der Waals surface area contributed by atoms with Crippen LogP contribution in [0.25, 0.3) is 0 Å². The van der Waals surface area contributed by atoms with E-state index >= 15 is 0 Å². The van der Waals surface area contributed by atoms with Crippen molar-refractivity contribution >= 4 is 11.7 Å². The lowest BCUT2D eigenvalue weighted by atomic mass is 10.2. The van der Waals surface area contributed by atoms with Crippen LogP contribution >= 0.6 is 0 Å². The Kier molecular flexibility index (Phi) is 6.91. The molecule has 120 valence electrons. The zero-order valence-corrected chi connectivity index (χ0v) is 12.6. The van der Waals surface area contributed by atoms with Gasteiger partial charge in [-0.05, 0) is 30.8 Å². The molecule has 7 heteroatoms. The van der Waals surface area contributed by atoms with Crippen molar-refractivity contribution in [3.05, 3.63) is 36.0 Å². The summed E-state index contributed by atoms with van der Waals surface area (Å²) in [7, 11) is 1.68. The highest BCUT2D eigenvalue weighted by molar-refractivity contribution is 6.09. The van der Waals surface area contributed by atoms with Crippen LogP contribution in [-0.2, 0) is 0 Å². The van der Waals surface area contributed by atoms with Crippen LogP contribution in [0.2, 0.25) is 0 Å². The van der Waals surface area contributed by atoms with Gasteiger partial charge in [0.1, 0.15) is 23.4 Å². The predicted molar refractivity (Wildman–Crippen MR) is 83.3 cm³/mol. The van der Waals surface area contributed by atoms with Crippen molar-refractivity contribution in [2.24, 2.45) is 0 Å². The first-order valence-electron chi connectivity index (χ1n) is 6.85. The molecule has 1 aromatic carbocycles. The molecule has 0 saturated carbocycles. The number of phenols is 1. The molecule has 7 nitrogen and oxygen atoms in total. The second kappa shape index (κ2) is 8.68. The number of benzene rings is 1.